The number of carbonyl (C=O) groups is 1. The van der Waals surface area contributed by atoms with Gasteiger partial charge in [0, 0.05) is 6.54 Å². The van der Waals surface area contributed by atoms with Crippen molar-refractivity contribution < 1.29 is 13.2 Å². The van der Waals surface area contributed by atoms with E-state index < -0.39 is 16.1 Å². The summed E-state index contributed by atoms with van der Waals surface area (Å²) in [4.78, 5) is 11.2. The second-order valence-corrected chi connectivity index (χ2v) is 5.16. The molecular formula is C7H17N3O3S. The Morgan fingerprint density at radius 2 is 1.93 bits per heavy atom. The minimum Gasteiger partial charge on any atom is -0.354 e. The van der Waals surface area contributed by atoms with E-state index in [1.807, 2.05) is 13.8 Å². The number of amides is 1. The van der Waals surface area contributed by atoms with Gasteiger partial charge in [-0.3, -0.25) is 4.79 Å². The van der Waals surface area contributed by atoms with Gasteiger partial charge in [-0.2, -0.15) is 0 Å². The van der Waals surface area contributed by atoms with Crippen LogP contribution in [0, 0.1) is 5.92 Å². The van der Waals surface area contributed by atoms with Gasteiger partial charge in [0.1, 0.15) is 0 Å². The number of primary sulfonamides is 1. The molecule has 7 heteroatoms. The number of hydrogen-bond acceptors (Lipinski definition) is 4. The van der Waals surface area contributed by atoms with Crippen LogP contribution in [0.25, 0.3) is 0 Å². The third-order valence-electron chi connectivity index (χ3n) is 1.71. The van der Waals surface area contributed by atoms with Crippen molar-refractivity contribution in [1.82, 2.24) is 5.32 Å². The maximum Gasteiger partial charge on any atom is 0.237 e. The van der Waals surface area contributed by atoms with E-state index in [0.717, 1.165) is 0 Å². The molecule has 84 valence electrons. The number of sulfonamides is 1. The third-order valence-corrected chi connectivity index (χ3v) is 2.48. The fraction of sp³-hybridized carbons (Fsp3) is 0.857. The maximum atomic E-state index is 11.2. The van der Waals surface area contributed by atoms with Crippen molar-refractivity contribution in [2.24, 2.45) is 16.8 Å². The average Bonchev–Trinajstić information content (AvgIpc) is 2.00. The molecule has 1 amide bonds. The molecule has 0 aromatic heterocycles. The Kier molecular flexibility index (Phi) is 5.03. The van der Waals surface area contributed by atoms with E-state index >= 15 is 0 Å². The summed E-state index contributed by atoms with van der Waals surface area (Å²) < 4.78 is 21.0. The minimum absolute atomic E-state index is 0.00190. The number of rotatable bonds is 5. The van der Waals surface area contributed by atoms with E-state index in [0.29, 0.717) is 0 Å². The zero-order chi connectivity index (χ0) is 11.4. The van der Waals surface area contributed by atoms with Crippen LogP contribution in [-0.4, -0.2) is 32.7 Å². The molecule has 0 saturated carbocycles. The standard InChI is InChI=1S/C7H17N3O3S/c1-5(2)6(8)7(11)10-3-4-14(9,12)13/h5-6H,3-4,8H2,1-2H3,(H,10,11)(H2,9,12,13)/t6-/m0/s1. The van der Waals surface area contributed by atoms with Gasteiger partial charge < -0.3 is 11.1 Å². The molecule has 0 aromatic rings. The van der Waals surface area contributed by atoms with Gasteiger partial charge in [-0.15, -0.1) is 0 Å². The van der Waals surface area contributed by atoms with E-state index in [1.54, 1.807) is 0 Å². The molecule has 0 aliphatic rings. The second kappa shape index (κ2) is 5.28. The Hall–Kier alpha value is -0.660. The summed E-state index contributed by atoms with van der Waals surface area (Å²) in [6, 6.07) is -0.615. The van der Waals surface area contributed by atoms with Gasteiger partial charge in [0.25, 0.3) is 0 Å². The molecule has 0 spiro atoms. The summed E-state index contributed by atoms with van der Waals surface area (Å²) in [6.07, 6.45) is 0. The van der Waals surface area contributed by atoms with E-state index in [9.17, 15) is 13.2 Å². The zero-order valence-corrected chi connectivity index (χ0v) is 9.17. The van der Waals surface area contributed by atoms with E-state index in [1.165, 1.54) is 0 Å². The van der Waals surface area contributed by atoms with Crippen LogP contribution in [0.4, 0.5) is 0 Å². The van der Waals surface area contributed by atoms with Crippen LogP contribution in [0.5, 0.6) is 0 Å². The monoisotopic (exact) mass is 223 g/mol. The second-order valence-electron chi connectivity index (χ2n) is 3.43. The first kappa shape index (κ1) is 13.3. The molecule has 0 heterocycles. The summed E-state index contributed by atoms with van der Waals surface area (Å²) in [6.45, 7) is 3.62. The lowest BCUT2D eigenvalue weighted by molar-refractivity contribution is -0.123. The molecule has 0 aliphatic carbocycles. The van der Waals surface area contributed by atoms with E-state index in [4.69, 9.17) is 10.9 Å². The quantitative estimate of drug-likeness (QED) is 0.519. The maximum absolute atomic E-state index is 11.2. The summed E-state index contributed by atoms with van der Waals surface area (Å²) in [5.74, 6) is -0.614. The summed E-state index contributed by atoms with van der Waals surface area (Å²) in [7, 11) is -3.52. The molecule has 0 unspecified atom stereocenters. The van der Waals surface area contributed by atoms with Crippen molar-refractivity contribution in [2.75, 3.05) is 12.3 Å². The molecule has 14 heavy (non-hydrogen) atoms. The van der Waals surface area contributed by atoms with Gasteiger partial charge in [-0.05, 0) is 5.92 Å². The van der Waals surface area contributed by atoms with Crippen LogP contribution in [0.15, 0.2) is 0 Å². The smallest absolute Gasteiger partial charge is 0.237 e. The fourth-order valence-electron chi connectivity index (χ4n) is 0.737. The van der Waals surface area contributed by atoms with Gasteiger partial charge in [0.05, 0.1) is 11.8 Å². The van der Waals surface area contributed by atoms with Gasteiger partial charge in [-0.1, -0.05) is 13.8 Å². The molecule has 0 aliphatic heterocycles. The lowest BCUT2D eigenvalue weighted by Crippen LogP contribution is -2.45. The topological polar surface area (TPSA) is 115 Å². The van der Waals surface area contributed by atoms with Crippen molar-refractivity contribution in [2.45, 2.75) is 19.9 Å². The summed E-state index contributed by atoms with van der Waals surface area (Å²) in [5, 5.41) is 7.14. The van der Waals surface area contributed by atoms with Crippen LogP contribution < -0.4 is 16.2 Å². The molecule has 0 saturated heterocycles. The van der Waals surface area contributed by atoms with Crippen molar-refractivity contribution in [3.05, 3.63) is 0 Å². The van der Waals surface area contributed by atoms with E-state index in [-0.39, 0.29) is 24.1 Å². The molecule has 0 bridgehead atoms. The lowest BCUT2D eigenvalue weighted by atomic mass is 10.1. The van der Waals surface area contributed by atoms with Gasteiger partial charge in [0.2, 0.25) is 15.9 Å². The highest BCUT2D eigenvalue weighted by atomic mass is 32.2. The highest BCUT2D eigenvalue weighted by Crippen LogP contribution is 1.97. The third kappa shape index (κ3) is 5.90. The van der Waals surface area contributed by atoms with Crippen molar-refractivity contribution >= 4 is 15.9 Å². The van der Waals surface area contributed by atoms with Crippen molar-refractivity contribution in [1.29, 1.82) is 0 Å². The number of carbonyl (C=O) groups excluding carboxylic acids is 1. The minimum atomic E-state index is -3.52. The molecule has 0 rings (SSSR count). The largest absolute Gasteiger partial charge is 0.354 e. The van der Waals surface area contributed by atoms with Gasteiger partial charge >= 0.3 is 0 Å². The molecule has 0 radical (unpaired) electrons. The molecular weight excluding hydrogens is 206 g/mol. The normalized spacial score (nSPS) is 14.1. The Morgan fingerprint density at radius 3 is 2.29 bits per heavy atom. The molecule has 6 nitrogen and oxygen atoms in total. The first-order valence-corrected chi connectivity index (χ1v) is 5.99. The lowest BCUT2D eigenvalue weighted by Gasteiger charge is -2.14. The van der Waals surface area contributed by atoms with Crippen LogP contribution in [0.1, 0.15) is 13.8 Å². The van der Waals surface area contributed by atoms with Crippen molar-refractivity contribution in [3.8, 4) is 0 Å². The van der Waals surface area contributed by atoms with Gasteiger partial charge in [0.15, 0.2) is 0 Å². The Morgan fingerprint density at radius 1 is 1.43 bits per heavy atom. The first-order chi connectivity index (χ1) is 6.24. The van der Waals surface area contributed by atoms with Crippen molar-refractivity contribution in [3.63, 3.8) is 0 Å². The Balaban J connectivity index is 3.87. The van der Waals surface area contributed by atoms with Crippen LogP contribution in [0.2, 0.25) is 0 Å². The van der Waals surface area contributed by atoms with E-state index in [2.05, 4.69) is 5.32 Å². The SMILES string of the molecule is CC(C)[C@H](N)C(=O)NCCS(N)(=O)=O. The summed E-state index contributed by atoms with van der Waals surface area (Å²) in [5.41, 5.74) is 5.52. The predicted octanol–water partition coefficient (Wildman–Crippen LogP) is -1.63. The Bertz CT molecular complexity index is 287. The number of hydrogen-bond donors (Lipinski definition) is 3. The van der Waals surface area contributed by atoms with Crippen LogP contribution in [0.3, 0.4) is 0 Å². The highest BCUT2D eigenvalue weighted by molar-refractivity contribution is 7.89. The Labute approximate surface area is 84.1 Å². The van der Waals surface area contributed by atoms with Gasteiger partial charge in [-0.25, -0.2) is 13.6 Å². The predicted molar refractivity (Wildman–Crippen MR) is 53.8 cm³/mol. The molecule has 5 N–H and O–H groups in total. The average molecular weight is 223 g/mol. The number of nitrogens with one attached hydrogen (secondary N) is 1. The zero-order valence-electron chi connectivity index (χ0n) is 8.36. The molecule has 0 aromatic carbocycles. The summed E-state index contributed by atoms with van der Waals surface area (Å²) >= 11 is 0. The fourth-order valence-corrected chi connectivity index (χ4v) is 1.12. The first-order valence-electron chi connectivity index (χ1n) is 4.28. The molecule has 1 atom stereocenters. The van der Waals surface area contributed by atoms with Crippen LogP contribution >= 0.6 is 0 Å². The van der Waals surface area contributed by atoms with Crippen LogP contribution in [-0.2, 0) is 14.8 Å². The molecule has 0 fully saturated rings. The highest BCUT2D eigenvalue weighted by Gasteiger charge is 2.16. The number of nitrogens with two attached hydrogens (primary N) is 2.